The first kappa shape index (κ1) is 19.5. The van der Waals surface area contributed by atoms with Crippen LogP contribution in [0.2, 0.25) is 0 Å². The molecule has 1 atom stereocenters. The van der Waals surface area contributed by atoms with Crippen LogP contribution in [0.15, 0.2) is 12.0 Å². The fourth-order valence-corrected chi connectivity index (χ4v) is 1.07. The SMILES string of the molecule is FC(F)=C1OCC(F)(C(F)(F)OC(F)(F)C(F)(F)C(F)(F)F)O1. The molecule has 1 fully saturated rings. The molecular formula is C8H2F12O3. The van der Waals surface area contributed by atoms with Crippen molar-refractivity contribution in [1.29, 1.82) is 0 Å². The van der Waals surface area contributed by atoms with Gasteiger partial charge in [-0.25, -0.2) is 4.74 Å². The minimum atomic E-state index is -7.15. The molecule has 0 aliphatic carbocycles. The summed E-state index contributed by atoms with van der Waals surface area (Å²) in [5.74, 6) is -14.4. The molecule has 1 heterocycles. The van der Waals surface area contributed by atoms with Gasteiger partial charge in [0.15, 0.2) is 6.61 Å². The van der Waals surface area contributed by atoms with Crippen LogP contribution in [-0.4, -0.2) is 36.8 Å². The highest BCUT2D eigenvalue weighted by Gasteiger charge is 2.79. The Morgan fingerprint density at radius 1 is 0.957 bits per heavy atom. The van der Waals surface area contributed by atoms with Crippen molar-refractivity contribution in [2.75, 3.05) is 6.61 Å². The van der Waals surface area contributed by atoms with Crippen molar-refractivity contribution in [3.05, 3.63) is 12.0 Å². The van der Waals surface area contributed by atoms with Gasteiger partial charge in [-0.2, -0.15) is 52.7 Å². The van der Waals surface area contributed by atoms with Crippen LogP contribution in [0.5, 0.6) is 0 Å². The zero-order valence-corrected chi connectivity index (χ0v) is 9.97. The number of halogens is 12. The van der Waals surface area contributed by atoms with E-state index in [0.717, 1.165) is 0 Å². The van der Waals surface area contributed by atoms with Crippen LogP contribution in [0.25, 0.3) is 0 Å². The fraction of sp³-hybridized carbons (Fsp3) is 0.750. The number of ether oxygens (including phenoxy) is 3. The maximum atomic E-state index is 13.5. The largest absolute Gasteiger partial charge is 0.462 e. The van der Waals surface area contributed by atoms with Gasteiger partial charge in [0.05, 0.1) is 0 Å². The molecule has 3 nitrogen and oxygen atoms in total. The van der Waals surface area contributed by atoms with E-state index in [1.807, 2.05) is 4.74 Å². The molecule has 136 valence electrons. The summed E-state index contributed by atoms with van der Waals surface area (Å²) in [5.41, 5.74) is 0. The van der Waals surface area contributed by atoms with E-state index in [-0.39, 0.29) is 0 Å². The lowest BCUT2D eigenvalue weighted by atomic mass is 10.2. The summed E-state index contributed by atoms with van der Waals surface area (Å²) >= 11 is 0. The molecule has 1 saturated heterocycles. The molecule has 0 spiro atoms. The molecule has 0 bridgehead atoms. The fourth-order valence-electron chi connectivity index (χ4n) is 1.07. The van der Waals surface area contributed by atoms with Crippen molar-refractivity contribution in [3.63, 3.8) is 0 Å². The van der Waals surface area contributed by atoms with E-state index in [1.54, 1.807) is 0 Å². The second-order valence-electron chi connectivity index (χ2n) is 3.87. The van der Waals surface area contributed by atoms with E-state index in [4.69, 9.17) is 0 Å². The van der Waals surface area contributed by atoms with Crippen molar-refractivity contribution in [1.82, 2.24) is 0 Å². The van der Waals surface area contributed by atoms with Gasteiger partial charge in [-0.15, -0.1) is 0 Å². The summed E-state index contributed by atoms with van der Waals surface area (Å²) in [6.45, 7) is -2.25. The van der Waals surface area contributed by atoms with Crippen molar-refractivity contribution in [3.8, 4) is 0 Å². The van der Waals surface area contributed by atoms with Gasteiger partial charge in [0.1, 0.15) is 0 Å². The molecule has 0 aromatic heterocycles. The third-order valence-electron chi connectivity index (χ3n) is 2.21. The predicted octanol–water partition coefficient (Wildman–Crippen LogP) is 4.16. The van der Waals surface area contributed by atoms with Crippen LogP contribution >= 0.6 is 0 Å². The second-order valence-corrected chi connectivity index (χ2v) is 3.87. The lowest BCUT2D eigenvalue weighted by molar-refractivity contribution is -0.499. The van der Waals surface area contributed by atoms with E-state index in [9.17, 15) is 52.7 Å². The Balaban J connectivity index is 3.09. The summed E-state index contributed by atoms with van der Waals surface area (Å²) in [6.07, 6.45) is -23.3. The highest BCUT2D eigenvalue weighted by Crippen LogP contribution is 2.52. The Morgan fingerprint density at radius 3 is 1.78 bits per heavy atom. The zero-order chi connectivity index (χ0) is 18.5. The molecule has 1 aliphatic heterocycles. The molecule has 0 saturated carbocycles. The molecule has 0 radical (unpaired) electrons. The summed E-state index contributed by atoms with van der Waals surface area (Å²) in [6, 6.07) is 0. The van der Waals surface area contributed by atoms with Gasteiger partial charge in [0.25, 0.3) is 0 Å². The smallest absolute Gasteiger partial charge is 0.454 e. The van der Waals surface area contributed by atoms with Gasteiger partial charge in [0, 0.05) is 0 Å². The Labute approximate surface area is 117 Å². The number of alkyl halides is 10. The van der Waals surface area contributed by atoms with E-state index in [1.165, 1.54) is 0 Å². The van der Waals surface area contributed by atoms with Crippen molar-refractivity contribution in [2.45, 2.75) is 30.2 Å². The Hall–Kier alpha value is -1.54. The normalized spacial score (nSPS) is 23.6. The van der Waals surface area contributed by atoms with Crippen LogP contribution in [0.4, 0.5) is 52.7 Å². The van der Waals surface area contributed by atoms with Crippen LogP contribution in [0, 0.1) is 0 Å². The maximum absolute atomic E-state index is 13.5. The van der Waals surface area contributed by atoms with E-state index >= 15 is 0 Å². The summed E-state index contributed by atoms with van der Waals surface area (Å²) in [4.78, 5) is 0. The Morgan fingerprint density at radius 2 is 1.43 bits per heavy atom. The molecule has 15 heteroatoms. The van der Waals surface area contributed by atoms with Crippen molar-refractivity contribution >= 4 is 0 Å². The van der Waals surface area contributed by atoms with E-state index in [0.29, 0.717) is 0 Å². The first-order chi connectivity index (χ1) is 9.97. The second kappa shape index (κ2) is 5.24. The van der Waals surface area contributed by atoms with Gasteiger partial charge < -0.3 is 9.47 Å². The Kier molecular flexibility index (Phi) is 4.44. The van der Waals surface area contributed by atoms with Gasteiger partial charge in [-0.1, -0.05) is 0 Å². The van der Waals surface area contributed by atoms with Crippen LogP contribution in [0.3, 0.4) is 0 Å². The minimum absolute atomic E-state index is 1.95. The molecule has 0 N–H and O–H groups in total. The molecule has 0 aromatic rings. The van der Waals surface area contributed by atoms with Gasteiger partial charge in [0.2, 0.25) is 0 Å². The summed E-state index contributed by atoms with van der Waals surface area (Å²) < 4.78 is 157. The van der Waals surface area contributed by atoms with Crippen LogP contribution in [-0.2, 0) is 14.2 Å². The first-order valence-electron chi connectivity index (χ1n) is 4.93. The minimum Gasteiger partial charge on any atom is -0.454 e. The number of rotatable bonds is 4. The lowest BCUT2D eigenvalue weighted by Gasteiger charge is -2.33. The molecule has 1 aliphatic rings. The molecule has 0 amide bonds. The van der Waals surface area contributed by atoms with E-state index < -0.39 is 48.8 Å². The van der Waals surface area contributed by atoms with Gasteiger partial charge >= 0.3 is 42.2 Å². The average Bonchev–Trinajstić information content (AvgIpc) is 2.70. The molecule has 1 rings (SSSR count). The lowest BCUT2D eigenvalue weighted by Crippen LogP contribution is -2.59. The predicted molar refractivity (Wildman–Crippen MR) is 42.1 cm³/mol. The Bertz CT molecular complexity index is 493. The number of hydrogen-bond donors (Lipinski definition) is 0. The number of hydrogen-bond acceptors (Lipinski definition) is 3. The monoisotopic (exact) mass is 374 g/mol. The summed E-state index contributed by atoms with van der Waals surface area (Å²) in [7, 11) is 0. The van der Waals surface area contributed by atoms with E-state index in [2.05, 4.69) is 9.47 Å². The van der Waals surface area contributed by atoms with Crippen LogP contribution in [0.1, 0.15) is 0 Å². The third kappa shape index (κ3) is 3.23. The topological polar surface area (TPSA) is 27.7 Å². The highest BCUT2D eigenvalue weighted by molar-refractivity contribution is 4.97. The third-order valence-corrected chi connectivity index (χ3v) is 2.21. The van der Waals surface area contributed by atoms with Gasteiger partial charge in [-0.3, -0.25) is 0 Å². The molecule has 1 unspecified atom stereocenters. The summed E-state index contributed by atoms with van der Waals surface area (Å²) in [5, 5.41) is 0. The van der Waals surface area contributed by atoms with Gasteiger partial charge in [-0.05, 0) is 0 Å². The zero-order valence-electron chi connectivity index (χ0n) is 9.97. The van der Waals surface area contributed by atoms with Crippen molar-refractivity contribution in [2.24, 2.45) is 0 Å². The van der Waals surface area contributed by atoms with Crippen molar-refractivity contribution < 1.29 is 66.9 Å². The maximum Gasteiger partial charge on any atom is 0.462 e. The molecular weight excluding hydrogens is 372 g/mol. The quantitative estimate of drug-likeness (QED) is 0.692. The average molecular weight is 374 g/mol. The molecule has 0 aromatic carbocycles. The standard InChI is InChI=1S/C8H2F12O3/c9-2(10)3-21-1-4(11,22-3)7(17,18)23-8(19,20)5(12,13)6(14,15)16/h1H2. The highest BCUT2D eigenvalue weighted by atomic mass is 19.4. The van der Waals surface area contributed by atoms with Crippen LogP contribution < -0.4 is 0 Å². The first-order valence-corrected chi connectivity index (χ1v) is 4.93. The molecule has 23 heavy (non-hydrogen) atoms.